The Morgan fingerprint density at radius 3 is 3.29 bits per heavy atom. The Morgan fingerprint density at radius 1 is 1.65 bits per heavy atom. The lowest BCUT2D eigenvalue weighted by molar-refractivity contribution is -0.143. The minimum atomic E-state index is -0.719. The molecule has 3 heterocycles. The number of nitrogens with one attached hydrogen (secondary N) is 1. The van der Waals surface area contributed by atoms with Crippen LogP contribution in [0.4, 0.5) is 0 Å². The quantitative estimate of drug-likeness (QED) is 0.815. The molecular weight excluding hydrogens is 238 g/mol. The van der Waals surface area contributed by atoms with E-state index in [1.54, 1.807) is 11.8 Å². The second kappa shape index (κ2) is 4.34. The van der Waals surface area contributed by atoms with Gasteiger partial charge in [0, 0.05) is 31.0 Å². The van der Waals surface area contributed by atoms with Crippen LogP contribution in [0.25, 0.3) is 0 Å². The molecule has 0 spiro atoms. The van der Waals surface area contributed by atoms with Crippen molar-refractivity contribution < 1.29 is 9.90 Å². The molecule has 2 unspecified atom stereocenters. The van der Waals surface area contributed by atoms with E-state index >= 15 is 0 Å². The highest BCUT2D eigenvalue weighted by atomic mass is 32.2. The number of aryl methyl sites for hydroxylation is 1. The number of carboxylic acid groups (broad SMARTS) is 1. The molecule has 3 rings (SSSR count). The van der Waals surface area contributed by atoms with Crippen molar-refractivity contribution in [3.8, 4) is 0 Å². The molecule has 92 valence electrons. The first-order chi connectivity index (χ1) is 8.25. The first kappa shape index (κ1) is 11.1. The maximum absolute atomic E-state index is 11.2. The number of aromatic nitrogens is 2. The molecule has 2 aliphatic rings. The third-order valence-corrected chi connectivity index (χ3v) is 4.47. The Bertz CT molecular complexity index is 424. The summed E-state index contributed by atoms with van der Waals surface area (Å²) in [4.78, 5) is 15.8. The number of aliphatic carboxylic acids is 1. The maximum Gasteiger partial charge on any atom is 0.308 e. The van der Waals surface area contributed by atoms with Crippen LogP contribution in [-0.2, 0) is 11.3 Å². The largest absolute Gasteiger partial charge is 0.481 e. The molecule has 0 aromatic carbocycles. The minimum absolute atomic E-state index is 0.0625. The zero-order chi connectivity index (χ0) is 11.8. The first-order valence-corrected chi connectivity index (χ1v) is 6.87. The third-order valence-electron chi connectivity index (χ3n) is 3.50. The van der Waals surface area contributed by atoms with Crippen molar-refractivity contribution in [3.63, 3.8) is 0 Å². The predicted molar refractivity (Wildman–Crippen MR) is 64.3 cm³/mol. The van der Waals surface area contributed by atoms with Crippen LogP contribution in [0.2, 0.25) is 0 Å². The summed E-state index contributed by atoms with van der Waals surface area (Å²) in [5, 5.41) is 13.4. The summed E-state index contributed by atoms with van der Waals surface area (Å²) in [6.07, 6.45) is 2.90. The second-order valence-electron chi connectivity index (χ2n) is 4.53. The SMILES string of the molecule is O=C(O)C1CNCCC1c1cn2c(n1)SCC2. The monoisotopic (exact) mass is 253 g/mol. The standard InChI is InChI=1S/C11H15N3O2S/c15-10(16)8-5-12-2-1-7(8)9-6-14-3-4-17-11(14)13-9/h6-8,12H,1-5H2,(H,15,16). The van der Waals surface area contributed by atoms with E-state index < -0.39 is 5.97 Å². The molecule has 0 aliphatic carbocycles. The van der Waals surface area contributed by atoms with Crippen molar-refractivity contribution in [3.05, 3.63) is 11.9 Å². The molecule has 1 saturated heterocycles. The van der Waals surface area contributed by atoms with E-state index in [1.165, 1.54) is 0 Å². The van der Waals surface area contributed by atoms with Crippen molar-refractivity contribution in [2.24, 2.45) is 5.92 Å². The van der Waals surface area contributed by atoms with Crippen LogP contribution < -0.4 is 5.32 Å². The number of imidazole rings is 1. The number of thioether (sulfide) groups is 1. The fourth-order valence-electron chi connectivity index (χ4n) is 2.58. The molecule has 2 N–H and O–H groups in total. The van der Waals surface area contributed by atoms with Gasteiger partial charge in [-0.1, -0.05) is 11.8 Å². The van der Waals surface area contributed by atoms with Crippen LogP contribution in [0.1, 0.15) is 18.0 Å². The molecule has 0 bridgehead atoms. The van der Waals surface area contributed by atoms with E-state index in [9.17, 15) is 9.90 Å². The number of carboxylic acids is 1. The minimum Gasteiger partial charge on any atom is -0.481 e. The third kappa shape index (κ3) is 1.95. The topological polar surface area (TPSA) is 67.2 Å². The van der Waals surface area contributed by atoms with Crippen LogP contribution in [0.15, 0.2) is 11.4 Å². The molecule has 2 aliphatic heterocycles. The second-order valence-corrected chi connectivity index (χ2v) is 5.60. The van der Waals surface area contributed by atoms with Crippen molar-refractivity contribution in [2.45, 2.75) is 24.0 Å². The number of fused-ring (bicyclic) bond motifs is 1. The van der Waals surface area contributed by atoms with Crippen molar-refractivity contribution >= 4 is 17.7 Å². The number of hydrogen-bond acceptors (Lipinski definition) is 4. The smallest absolute Gasteiger partial charge is 0.308 e. The number of carbonyl (C=O) groups is 1. The lowest BCUT2D eigenvalue weighted by atomic mass is 9.84. The highest BCUT2D eigenvalue weighted by Gasteiger charge is 2.34. The molecular formula is C11H15N3O2S. The van der Waals surface area contributed by atoms with Crippen LogP contribution in [0, 0.1) is 5.92 Å². The van der Waals surface area contributed by atoms with E-state index in [4.69, 9.17) is 0 Å². The number of piperidine rings is 1. The Labute approximate surface area is 104 Å². The molecule has 1 aromatic heterocycles. The Morgan fingerprint density at radius 2 is 2.53 bits per heavy atom. The maximum atomic E-state index is 11.2. The van der Waals surface area contributed by atoms with Gasteiger partial charge in [0.15, 0.2) is 5.16 Å². The summed E-state index contributed by atoms with van der Waals surface area (Å²) in [7, 11) is 0. The summed E-state index contributed by atoms with van der Waals surface area (Å²) in [6, 6.07) is 0. The van der Waals surface area contributed by atoms with Gasteiger partial charge in [-0.05, 0) is 13.0 Å². The van der Waals surface area contributed by atoms with Gasteiger partial charge >= 0.3 is 5.97 Å². The summed E-state index contributed by atoms with van der Waals surface area (Å²) >= 11 is 1.75. The molecule has 1 aromatic rings. The zero-order valence-electron chi connectivity index (χ0n) is 9.43. The van der Waals surface area contributed by atoms with E-state index in [-0.39, 0.29) is 11.8 Å². The lowest BCUT2D eigenvalue weighted by Gasteiger charge is -2.27. The highest BCUT2D eigenvalue weighted by molar-refractivity contribution is 7.99. The van der Waals surface area contributed by atoms with Gasteiger partial charge in [0.1, 0.15) is 0 Å². The van der Waals surface area contributed by atoms with Crippen LogP contribution >= 0.6 is 11.8 Å². The number of hydrogen-bond donors (Lipinski definition) is 2. The predicted octanol–water partition coefficient (Wildman–Crippen LogP) is 0.766. The zero-order valence-corrected chi connectivity index (χ0v) is 10.2. The van der Waals surface area contributed by atoms with Gasteiger partial charge in [-0.25, -0.2) is 4.98 Å². The number of rotatable bonds is 2. The Kier molecular flexibility index (Phi) is 2.84. The highest BCUT2D eigenvalue weighted by Crippen LogP contribution is 2.33. The Hall–Kier alpha value is -1.01. The van der Waals surface area contributed by atoms with Gasteiger partial charge in [-0.2, -0.15) is 0 Å². The fraction of sp³-hybridized carbons (Fsp3) is 0.636. The van der Waals surface area contributed by atoms with Gasteiger partial charge < -0.3 is 15.0 Å². The lowest BCUT2D eigenvalue weighted by Crippen LogP contribution is -2.39. The van der Waals surface area contributed by atoms with Gasteiger partial charge in [0.25, 0.3) is 0 Å². The average Bonchev–Trinajstić information content (AvgIpc) is 2.88. The fourth-order valence-corrected chi connectivity index (χ4v) is 3.53. The average molecular weight is 253 g/mol. The van der Waals surface area contributed by atoms with Gasteiger partial charge in [0.05, 0.1) is 11.6 Å². The van der Waals surface area contributed by atoms with Gasteiger partial charge in [-0.3, -0.25) is 4.79 Å². The van der Waals surface area contributed by atoms with Crippen LogP contribution in [0.3, 0.4) is 0 Å². The molecule has 1 fully saturated rings. The summed E-state index contributed by atoms with van der Waals surface area (Å²) in [5.41, 5.74) is 0.959. The van der Waals surface area contributed by atoms with Crippen LogP contribution in [0.5, 0.6) is 0 Å². The van der Waals surface area contributed by atoms with E-state index in [0.29, 0.717) is 6.54 Å². The summed E-state index contributed by atoms with van der Waals surface area (Å²) in [5.74, 6) is 0.0804. The van der Waals surface area contributed by atoms with Gasteiger partial charge in [0.2, 0.25) is 0 Å². The molecule has 2 atom stereocenters. The van der Waals surface area contributed by atoms with E-state index in [1.807, 2.05) is 6.20 Å². The van der Waals surface area contributed by atoms with E-state index in [0.717, 1.165) is 36.1 Å². The molecule has 5 nitrogen and oxygen atoms in total. The molecule has 17 heavy (non-hydrogen) atoms. The molecule has 0 saturated carbocycles. The molecule has 0 amide bonds. The Balaban J connectivity index is 1.87. The van der Waals surface area contributed by atoms with Crippen molar-refractivity contribution in [1.29, 1.82) is 0 Å². The molecule has 6 heteroatoms. The van der Waals surface area contributed by atoms with Gasteiger partial charge in [-0.15, -0.1) is 0 Å². The van der Waals surface area contributed by atoms with Crippen LogP contribution in [-0.4, -0.2) is 39.5 Å². The van der Waals surface area contributed by atoms with E-state index in [2.05, 4.69) is 14.9 Å². The summed E-state index contributed by atoms with van der Waals surface area (Å²) < 4.78 is 2.14. The van der Waals surface area contributed by atoms with Crippen molar-refractivity contribution in [1.82, 2.24) is 14.9 Å². The molecule has 0 radical (unpaired) electrons. The van der Waals surface area contributed by atoms with Crippen molar-refractivity contribution in [2.75, 3.05) is 18.8 Å². The normalized spacial score (nSPS) is 28.0. The summed E-state index contributed by atoms with van der Waals surface area (Å²) in [6.45, 7) is 2.43. The number of nitrogens with zero attached hydrogens (tertiary/aromatic N) is 2. The first-order valence-electron chi connectivity index (χ1n) is 5.89.